The first kappa shape index (κ1) is 15.7. The van der Waals surface area contributed by atoms with E-state index in [1.807, 2.05) is 48.5 Å². The average molecular weight is 335 g/mol. The summed E-state index contributed by atoms with van der Waals surface area (Å²) in [6.45, 7) is 4.14. The van der Waals surface area contributed by atoms with E-state index in [4.69, 9.17) is 4.74 Å². The number of anilines is 1. The number of likely N-dealkylation sites (N-methyl/N-ethyl adjacent to an activating group) is 1. The van der Waals surface area contributed by atoms with Crippen molar-refractivity contribution in [2.24, 2.45) is 0 Å². The summed E-state index contributed by atoms with van der Waals surface area (Å²) in [6.07, 6.45) is 1.72. The number of rotatable bonds is 3. The Morgan fingerprint density at radius 2 is 1.72 bits per heavy atom. The fraction of sp³-hybridized carbons (Fsp3) is 0.250. The van der Waals surface area contributed by atoms with Gasteiger partial charge in [0.05, 0.1) is 5.56 Å². The van der Waals surface area contributed by atoms with Gasteiger partial charge < -0.3 is 19.5 Å². The summed E-state index contributed by atoms with van der Waals surface area (Å²) in [5.74, 6) is 0.221. The molecule has 1 fully saturated rings. The molecule has 0 spiro atoms. The molecule has 1 aromatic heterocycles. The lowest BCUT2D eigenvalue weighted by molar-refractivity contribution is 0.0737. The monoisotopic (exact) mass is 335 g/mol. The van der Waals surface area contributed by atoms with Crippen LogP contribution in [0.3, 0.4) is 0 Å². The van der Waals surface area contributed by atoms with E-state index < -0.39 is 0 Å². The van der Waals surface area contributed by atoms with E-state index in [1.165, 1.54) is 0 Å². The molecule has 128 valence electrons. The lowest BCUT2D eigenvalue weighted by Crippen LogP contribution is -2.44. The van der Waals surface area contributed by atoms with Gasteiger partial charge in [-0.05, 0) is 43.4 Å². The molecule has 0 amide bonds. The van der Waals surface area contributed by atoms with Crippen LogP contribution < -0.4 is 9.64 Å². The molecule has 5 nitrogen and oxygen atoms in total. The topological polar surface area (TPSA) is 48.6 Å². The van der Waals surface area contributed by atoms with Crippen molar-refractivity contribution in [3.05, 3.63) is 60.3 Å². The van der Waals surface area contributed by atoms with Crippen molar-refractivity contribution in [1.29, 1.82) is 0 Å². The van der Waals surface area contributed by atoms with Crippen LogP contribution in [0, 0.1) is 0 Å². The van der Waals surface area contributed by atoms with Crippen LogP contribution in [-0.4, -0.2) is 49.1 Å². The molecule has 25 heavy (non-hydrogen) atoms. The zero-order valence-electron chi connectivity index (χ0n) is 14.2. The number of aromatic amines is 1. The fourth-order valence-corrected chi connectivity index (χ4v) is 3.16. The Kier molecular flexibility index (Phi) is 4.15. The van der Waals surface area contributed by atoms with Gasteiger partial charge in [0.1, 0.15) is 0 Å². The van der Waals surface area contributed by atoms with Gasteiger partial charge in [-0.25, -0.2) is 4.79 Å². The molecule has 1 N–H and O–H groups in total. The first-order valence-electron chi connectivity index (χ1n) is 8.52. The molecule has 1 aliphatic heterocycles. The molecule has 0 unspecified atom stereocenters. The van der Waals surface area contributed by atoms with Gasteiger partial charge in [-0.2, -0.15) is 0 Å². The Hall–Kier alpha value is -2.79. The largest absolute Gasteiger partial charge is 0.421 e. The Labute approximate surface area is 146 Å². The van der Waals surface area contributed by atoms with Crippen molar-refractivity contribution >= 4 is 22.6 Å². The second-order valence-electron chi connectivity index (χ2n) is 6.43. The van der Waals surface area contributed by atoms with Crippen LogP contribution in [0.5, 0.6) is 5.75 Å². The molecule has 0 saturated carbocycles. The molecule has 4 rings (SSSR count). The number of carbonyl (C=O) groups excluding carboxylic acids is 1. The summed E-state index contributed by atoms with van der Waals surface area (Å²) in [4.78, 5) is 20.2. The first-order valence-corrected chi connectivity index (χ1v) is 8.52. The lowest BCUT2D eigenvalue weighted by atomic mass is 10.2. The van der Waals surface area contributed by atoms with E-state index in [2.05, 4.69) is 21.8 Å². The van der Waals surface area contributed by atoms with Crippen molar-refractivity contribution in [1.82, 2.24) is 9.88 Å². The summed E-state index contributed by atoms with van der Waals surface area (Å²) in [5.41, 5.74) is 2.66. The van der Waals surface area contributed by atoms with Crippen LogP contribution in [0.25, 0.3) is 10.9 Å². The van der Waals surface area contributed by atoms with Gasteiger partial charge >= 0.3 is 5.97 Å². The average Bonchev–Trinajstić information content (AvgIpc) is 3.06. The summed E-state index contributed by atoms with van der Waals surface area (Å²) < 4.78 is 5.56. The number of H-pyrrole nitrogens is 1. The zero-order valence-corrected chi connectivity index (χ0v) is 14.2. The van der Waals surface area contributed by atoms with Crippen LogP contribution in [-0.2, 0) is 0 Å². The number of benzene rings is 2. The third-order valence-corrected chi connectivity index (χ3v) is 4.73. The summed E-state index contributed by atoms with van der Waals surface area (Å²) >= 11 is 0. The standard InChI is InChI=1S/C20H21N3O2/c1-22-10-12-23(13-11-22)16-8-6-15(7-9-16)20(24)25-19-14-21-18-5-3-2-4-17(18)19/h2-9,14,21H,10-13H2,1H3. The third kappa shape index (κ3) is 3.23. The molecule has 5 heteroatoms. The first-order chi connectivity index (χ1) is 12.2. The van der Waals surface area contributed by atoms with E-state index in [0.717, 1.165) is 42.8 Å². The minimum absolute atomic E-state index is 0.338. The fourth-order valence-electron chi connectivity index (χ4n) is 3.16. The van der Waals surface area contributed by atoms with Crippen molar-refractivity contribution in [3.8, 4) is 5.75 Å². The number of esters is 1. The van der Waals surface area contributed by atoms with Gasteiger partial charge in [0.25, 0.3) is 0 Å². The SMILES string of the molecule is CN1CCN(c2ccc(C(=O)Oc3c[nH]c4ccccc34)cc2)CC1. The predicted octanol–water partition coefficient (Wildman–Crippen LogP) is 3.14. The normalized spacial score (nSPS) is 15.5. The molecule has 0 aliphatic carbocycles. The highest BCUT2D eigenvalue weighted by Crippen LogP contribution is 2.26. The van der Waals surface area contributed by atoms with Gasteiger partial charge in [-0.15, -0.1) is 0 Å². The number of hydrogen-bond acceptors (Lipinski definition) is 4. The van der Waals surface area contributed by atoms with E-state index >= 15 is 0 Å². The predicted molar refractivity (Wildman–Crippen MR) is 99.4 cm³/mol. The second kappa shape index (κ2) is 6.61. The molecule has 3 aromatic rings. The van der Waals surface area contributed by atoms with Crippen molar-refractivity contribution in [2.75, 3.05) is 38.1 Å². The molecular weight excluding hydrogens is 314 g/mol. The molecule has 0 bridgehead atoms. The number of carbonyl (C=O) groups is 1. The number of fused-ring (bicyclic) bond motifs is 1. The number of nitrogens with zero attached hydrogens (tertiary/aromatic N) is 2. The minimum Gasteiger partial charge on any atom is -0.421 e. The Balaban J connectivity index is 1.47. The van der Waals surface area contributed by atoms with Gasteiger partial charge in [-0.3, -0.25) is 0 Å². The smallest absolute Gasteiger partial charge is 0.343 e. The maximum Gasteiger partial charge on any atom is 0.343 e. The minimum atomic E-state index is -0.338. The molecule has 2 heterocycles. The quantitative estimate of drug-likeness (QED) is 0.747. The van der Waals surface area contributed by atoms with Crippen molar-refractivity contribution in [3.63, 3.8) is 0 Å². The Bertz CT molecular complexity index is 877. The second-order valence-corrected chi connectivity index (χ2v) is 6.43. The number of ether oxygens (including phenoxy) is 1. The van der Waals surface area contributed by atoms with Crippen LogP contribution in [0.15, 0.2) is 54.7 Å². The van der Waals surface area contributed by atoms with Gasteiger partial charge in [0.2, 0.25) is 0 Å². The summed E-state index contributed by atoms with van der Waals surface area (Å²) in [5, 5.41) is 0.907. The van der Waals surface area contributed by atoms with Crippen LogP contribution >= 0.6 is 0 Å². The van der Waals surface area contributed by atoms with Crippen LogP contribution in [0.1, 0.15) is 10.4 Å². The van der Waals surface area contributed by atoms with Gasteiger partial charge in [0.15, 0.2) is 5.75 Å². The van der Waals surface area contributed by atoms with Gasteiger partial charge in [-0.1, -0.05) is 12.1 Å². The maximum atomic E-state index is 12.4. The highest BCUT2D eigenvalue weighted by atomic mass is 16.5. The maximum absolute atomic E-state index is 12.4. The molecule has 2 aromatic carbocycles. The highest BCUT2D eigenvalue weighted by Gasteiger charge is 2.16. The summed E-state index contributed by atoms with van der Waals surface area (Å²) in [6, 6.07) is 15.4. The van der Waals surface area contributed by atoms with Crippen LogP contribution in [0.2, 0.25) is 0 Å². The number of nitrogens with one attached hydrogen (secondary N) is 1. The number of piperazine rings is 1. The molecule has 1 aliphatic rings. The summed E-state index contributed by atoms with van der Waals surface area (Å²) in [7, 11) is 2.14. The molecular formula is C20H21N3O2. The molecule has 0 radical (unpaired) electrons. The van der Waals surface area contributed by atoms with Crippen molar-refractivity contribution in [2.45, 2.75) is 0 Å². The van der Waals surface area contributed by atoms with Crippen molar-refractivity contribution < 1.29 is 9.53 Å². The van der Waals surface area contributed by atoms with E-state index in [-0.39, 0.29) is 5.97 Å². The third-order valence-electron chi connectivity index (χ3n) is 4.73. The van der Waals surface area contributed by atoms with Gasteiger partial charge in [0, 0.05) is 49.0 Å². The van der Waals surface area contributed by atoms with E-state index in [9.17, 15) is 4.79 Å². The highest BCUT2D eigenvalue weighted by molar-refractivity contribution is 5.95. The number of para-hydroxylation sites is 1. The number of hydrogen-bond donors (Lipinski definition) is 1. The number of aromatic nitrogens is 1. The molecule has 1 saturated heterocycles. The van der Waals surface area contributed by atoms with Crippen LogP contribution in [0.4, 0.5) is 5.69 Å². The zero-order chi connectivity index (χ0) is 17.2. The Morgan fingerprint density at radius 3 is 2.48 bits per heavy atom. The molecule has 0 atom stereocenters. The lowest BCUT2D eigenvalue weighted by Gasteiger charge is -2.34. The van der Waals surface area contributed by atoms with E-state index in [1.54, 1.807) is 6.20 Å². The Morgan fingerprint density at radius 1 is 1.00 bits per heavy atom. The van der Waals surface area contributed by atoms with E-state index in [0.29, 0.717) is 11.3 Å².